The molecule has 2 N–H and O–H groups in total. The second kappa shape index (κ2) is 7.93. The summed E-state index contributed by atoms with van der Waals surface area (Å²) in [7, 11) is 1.52. The molecule has 132 valence electrons. The second-order valence-corrected chi connectivity index (χ2v) is 6.21. The second-order valence-electron chi connectivity index (χ2n) is 5.77. The summed E-state index contributed by atoms with van der Waals surface area (Å²) in [5.41, 5.74) is 3.43. The molecule has 0 atom stereocenters. The highest BCUT2D eigenvalue weighted by Crippen LogP contribution is 2.24. The van der Waals surface area contributed by atoms with E-state index in [2.05, 4.69) is 5.32 Å². The molecule has 0 aliphatic rings. The van der Waals surface area contributed by atoms with Gasteiger partial charge < -0.3 is 15.2 Å². The number of aromatic hydroxyl groups is 1. The monoisotopic (exact) mass is 367 g/mol. The average Bonchev–Trinajstić information content (AvgIpc) is 2.67. The van der Waals surface area contributed by atoms with Crippen molar-refractivity contribution >= 4 is 17.5 Å². The number of hydrogen-bond donors (Lipinski definition) is 2. The summed E-state index contributed by atoms with van der Waals surface area (Å²) in [6.07, 6.45) is 0. The molecular formula is C21H18ClNO3. The molecule has 0 aliphatic heterocycles. The number of ether oxygens (including phenoxy) is 1. The van der Waals surface area contributed by atoms with E-state index >= 15 is 0 Å². The predicted octanol–water partition coefficient (Wildman–Crippen LogP) is 4.65. The number of halogens is 1. The molecular weight excluding hydrogens is 350 g/mol. The molecule has 0 saturated heterocycles. The smallest absolute Gasteiger partial charge is 0.255 e. The zero-order chi connectivity index (χ0) is 18.5. The molecule has 5 heteroatoms. The van der Waals surface area contributed by atoms with Gasteiger partial charge in [-0.25, -0.2) is 0 Å². The van der Waals surface area contributed by atoms with Gasteiger partial charge in [0.05, 0.1) is 12.7 Å². The van der Waals surface area contributed by atoms with E-state index in [-0.39, 0.29) is 11.7 Å². The summed E-state index contributed by atoms with van der Waals surface area (Å²) in [4.78, 5) is 12.4. The number of carbonyl (C=O) groups is 1. The standard InChI is InChI=1S/C21H18ClNO3/c1-26-20-11-8-17(22)12-19(20)21(25)23-13-14-2-4-15(5-3-14)16-6-9-18(24)10-7-16/h2-12,24H,13H2,1H3,(H,23,25). The Kier molecular flexibility index (Phi) is 5.44. The van der Waals surface area contributed by atoms with Gasteiger partial charge in [0, 0.05) is 11.6 Å². The first-order valence-electron chi connectivity index (χ1n) is 8.07. The zero-order valence-electron chi connectivity index (χ0n) is 14.2. The number of benzene rings is 3. The molecule has 0 spiro atoms. The maximum atomic E-state index is 12.4. The van der Waals surface area contributed by atoms with Crippen LogP contribution in [0.15, 0.2) is 66.7 Å². The molecule has 3 aromatic rings. The summed E-state index contributed by atoms with van der Waals surface area (Å²) in [5.74, 6) is 0.478. The van der Waals surface area contributed by atoms with Crippen LogP contribution in [0.4, 0.5) is 0 Å². The lowest BCUT2D eigenvalue weighted by Gasteiger charge is -2.10. The summed E-state index contributed by atoms with van der Waals surface area (Å²) >= 11 is 5.97. The third kappa shape index (κ3) is 4.16. The van der Waals surface area contributed by atoms with Crippen molar-refractivity contribution < 1.29 is 14.6 Å². The SMILES string of the molecule is COc1ccc(Cl)cc1C(=O)NCc1ccc(-c2ccc(O)cc2)cc1. The maximum Gasteiger partial charge on any atom is 0.255 e. The van der Waals surface area contributed by atoms with Crippen LogP contribution >= 0.6 is 11.6 Å². The van der Waals surface area contributed by atoms with E-state index in [1.54, 1.807) is 30.3 Å². The van der Waals surface area contributed by atoms with Crippen LogP contribution in [0.3, 0.4) is 0 Å². The van der Waals surface area contributed by atoms with Gasteiger partial charge in [0.1, 0.15) is 11.5 Å². The lowest BCUT2D eigenvalue weighted by molar-refractivity contribution is 0.0948. The Morgan fingerprint density at radius 1 is 1.00 bits per heavy atom. The van der Waals surface area contributed by atoms with Gasteiger partial charge >= 0.3 is 0 Å². The van der Waals surface area contributed by atoms with Crippen molar-refractivity contribution in [3.8, 4) is 22.6 Å². The Hall–Kier alpha value is -2.98. The van der Waals surface area contributed by atoms with Gasteiger partial charge in [-0.2, -0.15) is 0 Å². The quantitative estimate of drug-likeness (QED) is 0.690. The third-order valence-electron chi connectivity index (χ3n) is 4.01. The van der Waals surface area contributed by atoms with E-state index in [1.165, 1.54) is 7.11 Å². The Balaban J connectivity index is 1.67. The minimum atomic E-state index is -0.244. The number of nitrogens with one attached hydrogen (secondary N) is 1. The molecule has 0 unspecified atom stereocenters. The van der Waals surface area contributed by atoms with Gasteiger partial charge in [-0.1, -0.05) is 48.0 Å². The molecule has 3 rings (SSSR count). The first-order valence-corrected chi connectivity index (χ1v) is 8.44. The Labute approximate surface area is 157 Å². The van der Waals surface area contributed by atoms with Crippen molar-refractivity contribution in [2.75, 3.05) is 7.11 Å². The van der Waals surface area contributed by atoms with Crippen LogP contribution in [-0.2, 0) is 6.54 Å². The number of rotatable bonds is 5. The van der Waals surface area contributed by atoms with E-state index in [0.717, 1.165) is 16.7 Å². The molecule has 0 aromatic heterocycles. The van der Waals surface area contributed by atoms with Crippen molar-refractivity contribution in [3.05, 3.63) is 82.9 Å². The molecule has 3 aromatic carbocycles. The van der Waals surface area contributed by atoms with Crippen LogP contribution in [0.2, 0.25) is 5.02 Å². The van der Waals surface area contributed by atoms with Gasteiger partial charge in [0.2, 0.25) is 0 Å². The molecule has 0 radical (unpaired) electrons. The third-order valence-corrected chi connectivity index (χ3v) is 4.25. The minimum Gasteiger partial charge on any atom is -0.508 e. The van der Waals surface area contributed by atoms with Crippen LogP contribution in [-0.4, -0.2) is 18.1 Å². The fourth-order valence-electron chi connectivity index (χ4n) is 2.60. The summed E-state index contributed by atoms with van der Waals surface area (Å²) in [6.45, 7) is 0.393. The topological polar surface area (TPSA) is 58.6 Å². The number of phenols is 1. The van der Waals surface area contributed by atoms with Crippen LogP contribution in [0.5, 0.6) is 11.5 Å². The fourth-order valence-corrected chi connectivity index (χ4v) is 2.78. The first kappa shape index (κ1) is 17.8. The van der Waals surface area contributed by atoms with Crippen molar-refractivity contribution in [2.24, 2.45) is 0 Å². The number of hydrogen-bond acceptors (Lipinski definition) is 3. The molecule has 4 nitrogen and oxygen atoms in total. The molecule has 1 amide bonds. The van der Waals surface area contributed by atoms with E-state index in [4.69, 9.17) is 16.3 Å². The Morgan fingerprint density at radius 3 is 2.23 bits per heavy atom. The van der Waals surface area contributed by atoms with E-state index in [9.17, 15) is 9.90 Å². The van der Waals surface area contributed by atoms with E-state index in [0.29, 0.717) is 22.9 Å². The molecule has 0 aliphatic carbocycles. The number of phenolic OH excluding ortho intramolecular Hbond substituents is 1. The Bertz CT molecular complexity index is 906. The normalized spacial score (nSPS) is 10.4. The first-order chi connectivity index (χ1) is 12.6. The van der Waals surface area contributed by atoms with Gasteiger partial charge in [0.25, 0.3) is 5.91 Å². The van der Waals surface area contributed by atoms with Crippen LogP contribution in [0, 0.1) is 0 Å². The number of carbonyl (C=O) groups excluding carboxylic acids is 1. The molecule has 0 heterocycles. The minimum absolute atomic E-state index is 0.240. The average molecular weight is 368 g/mol. The highest BCUT2D eigenvalue weighted by Gasteiger charge is 2.12. The molecule has 0 bridgehead atoms. The number of amides is 1. The predicted molar refractivity (Wildman–Crippen MR) is 103 cm³/mol. The summed E-state index contributed by atoms with van der Waals surface area (Å²) in [5, 5.41) is 12.7. The van der Waals surface area contributed by atoms with Crippen molar-refractivity contribution in [1.82, 2.24) is 5.32 Å². The van der Waals surface area contributed by atoms with E-state index < -0.39 is 0 Å². The summed E-state index contributed by atoms with van der Waals surface area (Å²) < 4.78 is 5.21. The summed E-state index contributed by atoms with van der Waals surface area (Å²) in [6, 6.07) is 19.8. The maximum absolute atomic E-state index is 12.4. The van der Waals surface area contributed by atoms with Crippen LogP contribution in [0.25, 0.3) is 11.1 Å². The zero-order valence-corrected chi connectivity index (χ0v) is 15.0. The van der Waals surface area contributed by atoms with Gasteiger partial charge in [-0.15, -0.1) is 0 Å². The molecule has 26 heavy (non-hydrogen) atoms. The largest absolute Gasteiger partial charge is 0.508 e. The van der Waals surface area contributed by atoms with Crippen molar-refractivity contribution in [3.63, 3.8) is 0 Å². The fraction of sp³-hybridized carbons (Fsp3) is 0.0952. The Morgan fingerprint density at radius 2 is 1.62 bits per heavy atom. The van der Waals surface area contributed by atoms with Gasteiger partial charge in [-0.3, -0.25) is 4.79 Å². The van der Waals surface area contributed by atoms with Crippen LogP contribution < -0.4 is 10.1 Å². The lowest BCUT2D eigenvalue weighted by Crippen LogP contribution is -2.23. The van der Waals surface area contributed by atoms with Crippen LogP contribution in [0.1, 0.15) is 15.9 Å². The highest BCUT2D eigenvalue weighted by molar-refractivity contribution is 6.31. The number of methoxy groups -OCH3 is 1. The van der Waals surface area contributed by atoms with Crippen molar-refractivity contribution in [2.45, 2.75) is 6.54 Å². The molecule has 0 fully saturated rings. The van der Waals surface area contributed by atoms with E-state index in [1.807, 2.05) is 36.4 Å². The van der Waals surface area contributed by atoms with Gasteiger partial charge in [0.15, 0.2) is 0 Å². The highest BCUT2D eigenvalue weighted by atomic mass is 35.5. The van der Waals surface area contributed by atoms with Gasteiger partial charge in [-0.05, 0) is 47.0 Å². The lowest BCUT2D eigenvalue weighted by atomic mass is 10.0. The molecule has 0 saturated carbocycles. The van der Waals surface area contributed by atoms with Crippen molar-refractivity contribution in [1.29, 1.82) is 0 Å².